The number of pyridine rings is 1. The van der Waals surface area contributed by atoms with E-state index in [0.29, 0.717) is 31.1 Å². The van der Waals surface area contributed by atoms with Gasteiger partial charge in [0.2, 0.25) is 5.91 Å². The van der Waals surface area contributed by atoms with Crippen LogP contribution in [0.5, 0.6) is 0 Å². The van der Waals surface area contributed by atoms with Crippen LogP contribution in [0.25, 0.3) is 10.9 Å². The number of amides is 1. The lowest BCUT2D eigenvalue weighted by atomic mass is 9.97. The Morgan fingerprint density at radius 3 is 2.47 bits per heavy atom. The van der Waals surface area contributed by atoms with Crippen LogP contribution in [0, 0.1) is 12.8 Å². The number of carbonyl (C=O) groups excluding carboxylic acids is 1. The highest BCUT2D eigenvalue weighted by atomic mass is 32.2. The van der Waals surface area contributed by atoms with Crippen molar-refractivity contribution in [1.29, 1.82) is 0 Å². The summed E-state index contributed by atoms with van der Waals surface area (Å²) in [7, 11) is -1.42. The third-order valence-electron chi connectivity index (χ3n) is 7.08. The molecule has 8 nitrogen and oxygen atoms in total. The second-order valence-corrected chi connectivity index (χ2v) is 11.0. The number of hydrogen-bond acceptors (Lipinski definition) is 5. The van der Waals surface area contributed by atoms with Gasteiger partial charge in [-0.05, 0) is 61.7 Å². The zero-order valence-electron chi connectivity index (χ0n) is 20.3. The molecule has 2 aromatic carbocycles. The maximum absolute atomic E-state index is 13.4. The van der Waals surface area contributed by atoms with Gasteiger partial charge in [-0.15, -0.1) is 0 Å². The smallest absolute Gasteiger partial charge is 0.335 e. The van der Waals surface area contributed by atoms with Gasteiger partial charge in [-0.2, -0.15) is 0 Å². The Labute approximate surface area is 213 Å². The SMILES string of the molecule is Cc1ccc2c(N3CCN(C(=O)C4CCCN(S(=O)c5ccc(C(=O)O)cc5)C4)CC3)ccnc2c1. The van der Waals surface area contributed by atoms with Crippen LogP contribution in [-0.4, -0.2) is 74.6 Å². The van der Waals surface area contributed by atoms with E-state index in [1.807, 2.05) is 21.5 Å². The molecular weight excluding hydrogens is 476 g/mol. The number of piperidine rings is 1. The Balaban J connectivity index is 1.21. The summed E-state index contributed by atoms with van der Waals surface area (Å²) in [6, 6.07) is 14.5. The van der Waals surface area contributed by atoms with Gasteiger partial charge in [0.1, 0.15) is 11.0 Å². The Morgan fingerprint density at radius 1 is 1.00 bits per heavy atom. The van der Waals surface area contributed by atoms with Crippen LogP contribution in [0.1, 0.15) is 28.8 Å². The van der Waals surface area contributed by atoms with E-state index >= 15 is 0 Å². The summed E-state index contributed by atoms with van der Waals surface area (Å²) in [5.74, 6) is -1.06. The average molecular weight is 507 g/mol. The van der Waals surface area contributed by atoms with E-state index in [2.05, 4.69) is 35.0 Å². The number of fused-ring (bicyclic) bond motifs is 1. The standard InChI is InChI=1S/C27H30N4O4S/c1-19-4-9-23-24(17-19)28-11-10-25(23)29-13-15-30(16-14-29)26(32)21-3-2-12-31(18-21)36(35)22-7-5-20(6-8-22)27(33)34/h4-11,17,21H,2-3,12-16,18H2,1H3,(H,33,34). The molecule has 188 valence electrons. The maximum Gasteiger partial charge on any atom is 0.335 e. The summed E-state index contributed by atoms with van der Waals surface area (Å²) in [6.07, 6.45) is 3.44. The number of aromatic nitrogens is 1. The van der Waals surface area contributed by atoms with Crippen LogP contribution in [0.2, 0.25) is 0 Å². The predicted octanol–water partition coefficient (Wildman–Crippen LogP) is 3.32. The fraction of sp³-hybridized carbons (Fsp3) is 0.370. The fourth-order valence-corrected chi connectivity index (χ4v) is 6.38. The van der Waals surface area contributed by atoms with Crippen molar-refractivity contribution in [3.8, 4) is 0 Å². The number of nitrogens with zero attached hydrogens (tertiary/aromatic N) is 4. The predicted molar refractivity (Wildman–Crippen MR) is 139 cm³/mol. The summed E-state index contributed by atoms with van der Waals surface area (Å²) in [5, 5.41) is 10.2. The molecule has 3 heterocycles. The van der Waals surface area contributed by atoms with Crippen LogP contribution in [0.15, 0.2) is 59.6 Å². The second kappa shape index (κ2) is 10.4. The lowest BCUT2D eigenvalue weighted by Gasteiger charge is -2.39. The molecule has 1 N–H and O–H groups in total. The topological polar surface area (TPSA) is 94.0 Å². The first-order valence-electron chi connectivity index (χ1n) is 12.3. The molecule has 0 radical (unpaired) electrons. The van der Waals surface area contributed by atoms with E-state index in [1.54, 1.807) is 12.1 Å². The second-order valence-electron chi connectivity index (χ2n) is 9.47. The fourth-order valence-electron chi connectivity index (χ4n) is 5.10. The third-order valence-corrected chi connectivity index (χ3v) is 8.55. The van der Waals surface area contributed by atoms with Crippen molar-refractivity contribution in [2.45, 2.75) is 24.7 Å². The largest absolute Gasteiger partial charge is 0.478 e. The lowest BCUT2D eigenvalue weighted by Crippen LogP contribution is -2.52. The van der Waals surface area contributed by atoms with Gasteiger partial charge in [0, 0.05) is 56.5 Å². The average Bonchev–Trinajstić information content (AvgIpc) is 2.92. The minimum atomic E-state index is -1.42. The van der Waals surface area contributed by atoms with Crippen LogP contribution in [0.4, 0.5) is 5.69 Å². The lowest BCUT2D eigenvalue weighted by molar-refractivity contribution is -0.137. The Morgan fingerprint density at radius 2 is 1.75 bits per heavy atom. The van der Waals surface area contributed by atoms with Crippen molar-refractivity contribution in [3.63, 3.8) is 0 Å². The highest BCUT2D eigenvalue weighted by molar-refractivity contribution is 7.82. The van der Waals surface area contributed by atoms with Crippen molar-refractivity contribution in [3.05, 3.63) is 65.9 Å². The van der Waals surface area contributed by atoms with Gasteiger partial charge in [0.05, 0.1) is 21.9 Å². The number of carboxylic acid groups (broad SMARTS) is 1. The molecule has 2 atom stereocenters. The first-order valence-corrected chi connectivity index (χ1v) is 13.4. The highest BCUT2D eigenvalue weighted by Gasteiger charge is 2.33. The van der Waals surface area contributed by atoms with Crippen LogP contribution in [-0.2, 0) is 15.8 Å². The Hall–Kier alpha value is -3.30. The molecule has 2 saturated heterocycles. The number of carbonyl (C=O) groups is 2. The molecule has 2 unspecified atom stereocenters. The van der Waals surface area contributed by atoms with E-state index in [1.165, 1.54) is 17.7 Å². The van der Waals surface area contributed by atoms with E-state index in [4.69, 9.17) is 5.11 Å². The van der Waals surface area contributed by atoms with E-state index < -0.39 is 17.0 Å². The maximum atomic E-state index is 13.4. The quantitative estimate of drug-likeness (QED) is 0.571. The molecule has 1 amide bonds. The van der Waals surface area contributed by atoms with Crippen molar-refractivity contribution >= 4 is 39.5 Å². The monoisotopic (exact) mass is 506 g/mol. The summed E-state index contributed by atoms with van der Waals surface area (Å²) in [6.45, 7) is 6.00. The number of rotatable bonds is 5. The van der Waals surface area contributed by atoms with E-state index in [-0.39, 0.29) is 17.4 Å². The molecule has 0 spiro atoms. The zero-order valence-corrected chi connectivity index (χ0v) is 21.1. The van der Waals surface area contributed by atoms with Crippen LogP contribution >= 0.6 is 0 Å². The zero-order chi connectivity index (χ0) is 25.2. The molecule has 3 aromatic rings. The molecule has 5 rings (SSSR count). The van der Waals surface area contributed by atoms with E-state index in [0.717, 1.165) is 42.5 Å². The summed E-state index contributed by atoms with van der Waals surface area (Å²) in [4.78, 5) is 33.8. The van der Waals surface area contributed by atoms with Crippen LogP contribution < -0.4 is 4.90 Å². The third kappa shape index (κ3) is 4.99. The van der Waals surface area contributed by atoms with Crippen molar-refractivity contribution in [2.24, 2.45) is 5.92 Å². The Kier molecular flexibility index (Phi) is 7.02. The molecule has 1 aromatic heterocycles. The Bertz CT molecular complexity index is 1300. The molecule has 2 fully saturated rings. The summed E-state index contributed by atoms with van der Waals surface area (Å²) >= 11 is 0. The summed E-state index contributed by atoms with van der Waals surface area (Å²) in [5.41, 5.74) is 3.48. The van der Waals surface area contributed by atoms with Gasteiger partial charge in [-0.25, -0.2) is 13.3 Å². The van der Waals surface area contributed by atoms with Crippen molar-refractivity contribution < 1.29 is 18.9 Å². The normalized spacial score (nSPS) is 19.9. The van der Waals surface area contributed by atoms with Gasteiger partial charge in [-0.1, -0.05) is 12.1 Å². The van der Waals surface area contributed by atoms with Gasteiger partial charge in [0.25, 0.3) is 0 Å². The summed E-state index contributed by atoms with van der Waals surface area (Å²) < 4.78 is 14.9. The number of aromatic carboxylic acids is 1. The molecule has 0 bridgehead atoms. The first kappa shape index (κ1) is 24.4. The van der Waals surface area contributed by atoms with Gasteiger partial charge in [0.15, 0.2) is 0 Å². The highest BCUT2D eigenvalue weighted by Crippen LogP contribution is 2.28. The van der Waals surface area contributed by atoms with Crippen molar-refractivity contribution in [2.75, 3.05) is 44.2 Å². The van der Waals surface area contributed by atoms with Gasteiger partial charge < -0.3 is 14.9 Å². The minimum absolute atomic E-state index is 0.132. The molecule has 2 aliphatic rings. The number of carboxylic acids is 1. The molecule has 36 heavy (non-hydrogen) atoms. The molecule has 2 aliphatic heterocycles. The number of hydrogen-bond donors (Lipinski definition) is 1. The first-order chi connectivity index (χ1) is 17.4. The van der Waals surface area contributed by atoms with Gasteiger partial charge >= 0.3 is 5.97 Å². The number of anilines is 1. The number of aryl methyl sites for hydroxylation is 1. The minimum Gasteiger partial charge on any atom is -0.478 e. The molecular formula is C27H30N4O4S. The molecule has 0 aliphatic carbocycles. The van der Waals surface area contributed by atoms with Crippen molar-refractivity contribution in [1.82, 2.24) is 14.2 Å². The number of piperazine rings is 1. The van der Waals surface area contributed by atoms with Gasteiger partial charge in [-0.3, -0.25) is 9.78 Å². The molecule has 9 heteroatoms. The van der Waals surface area contributed by atoms with E-state index in [9.17, 15) is 13.8 Å². The molecule has 0 saturated carbocycles. The van der Waals surface area contributed by atoms with Crippen LogP contribution in [0.3, 0.4) is 0 Å². The number of benzene rings is 2.